The van der Waals surface area contributed by atoms with Crippen molar-refractivity contribution >= 4 is 0 Å². The zero-order chi connectivity index (χ0) is 7.68. The van der Waals surface area contributed by atoms with Crippen LogP contribution in [0.3, 0.4) is 0 Å². The molecule has 0 aromatic carbocycles. The van der Waals surface area contributed by atoms with Gasteiger partial charge in [-0.1, -0.05) is 0 Å². The maximum atomic E-state index is 5.46. The second-order valence-electron chi connectivity index (χ2n) is 3.04. The van der Waals surface area contributed by atoms with E-state index in [9.17, 15) is 0 Å². The molecule has 1 fully saturated rings. The fraction of sp³-hybridized carbons (Fsp3) is 0.625. The van der Waals surface area contributed by atoms with Gasteiger partial charge in [0.25, 0.3) is 0 Å². The van der Waals surface area contributed by atoms with Crippen LogP contribution >= 0.6 is 0 Å². The number of hydrogen-bond donors (Lipinski definition) is 1. The van der Waals surface area contributed by atoms with Crippen molar-refractivity contribution in [3.05, 3.63) is 18.2 Å². The van der Waals surface area contributed by atoms with E-state index in [0.29, 0.717) is 6.54 Å². The third-order valence-corrected chi connectivity index (χ3v) is 2.06. The predicted molar refractivity (Wildman–Crippen MR) is 43.3 cm³/mol. The van der Waals surface area contributed by atoms with Crippen molar-refractivity contribution in [2.75, 3.05) is 6.54 Å². The molecule has 0 spiro atoms. The summed E-state index contributed by atoms with van der Waals surface area (Å²) in [4.78, 5) is 4.30. The monoisotopic (exact) mass is 151 g/mol. The lowest BCUT2D eigenvalue weighted by molar-refractivity contribution is 0.662. The number of aromatic nitrogens is 2. The molecule has 11 heavy (non-hydrogen) atoms. The summed E-state index contributed by atoms with van der Waals surface area (Å²) in [5.74, 6) is 1.96. The molecule has 3 heteroatoms. The molecule has 0 bridgehead atoms. The minimum Gasteiger partial charge on any atom is -0.333 e. The molecule has 0 atom stereocenters. The van der Waals surface area contributed by atoms with E-state index in [2.05, 4.69) is 9.55 Å². The number of hydrogen-bond acceptors (Lipinski definition) is 2. The van der Waals surface area contributed by atoms with Crippen LogP contribution in [0, 0.1) is 0 Å². The number of nitrogens with zero attached hydrogens (tertiary/aromatic N) is 2. The van der Waals surface area contributed by atoms with Crippen molar-refractivity contribution in [1.29, 1.82) is 0 Å². The standard InChI is InChI=1S/C8H13N3/c9-3-5-11-6-4-10-8(11)7-1-2-7/h4,6-7H,1-3,5,9H2. The van der Waals surface area contributed by atoms with E-state index in [-0.39, 0.29) is 0 Å². The molecule has 2 N–H and O–H groups in total. The van der Waals surface area contributed by atoms with Crippen LogP contribution in [-0.4, -0.2) is 16.1 Å². The normalized spacial score (nSPS) is 17.2. The highest BCUT2D eigenvalue weighted by molar-refractivity contribution is 5.07. The maximum absolute atomic E-state index is 5.46. The summed E-state index contributed by atoms with van der Waals surface area (Å²) in [7, 11) is 0. The van der Waals surface area contributed by atoms with Gasteiger partial charge < -0.3 is 10.3 Å². The molecule has 1 saturated carbocycles. The van der Waals surface area contributed by atoms with Gasteiger partial charge in [0.15, 0.2) is 0 Å². The lowest BCUT2D eigenvalue weighted by atomic mass is 10.4. The minimum atomic E-state index is 0.704. The average Bonchev–Trinajstić information content (AvgIpc) is 2.75. The molecule has 1 aromatic heterocycles. The fourth-order valence-corrected chi connectivity index (χ4v) is 1.35. The first-order valence-corrected chi connectivity index (χ1v) is 4.13. The quantitative estimate of drug-likeness (QED) is 0.691. The largest absolute Gasteiger partial charge is 0.333 e. The van der Waals surface area contributed by atoms with Gasteiger partial charge in [-0.2, -0.15) is 0 Å². The highest BCUT2D eigenvalue weighted by atomic mass is 15.1. The zero-order valence-corrected chi connectivity index (χ0v) is 6.53. The number of nitrogens with two attached hydrogens (primary N) is 1. The molecule has 1 aromatic rings. The van der Waals surface area contributed by atoms with E-state index < -0.39 is 0 Å². The van der Waals surface area contributed by atoms with Gasteiger partial charge in [-0.25, -0.2) is 4.98 Å². The number of rotatable bonds is 3. The molecule has 0 unspecified atom stereocenters. The lowest BCUT2D eigenvalue weighted by Crippen LogP contribution is -2.11. The first-order valence-electron chi connectivity index (χ1n) is 4.13. The third kappa shape index (κ3) is 1.28. The van der Waals surface area contributed by atoms with Crippen LogP contribution in [0.2, 0.25) is 0 Å². The van der Waals surface area contributed by atoms with E-state index in [4.69, 9.17) is 5.73 Å². The molecular formula is C8H13N3. The third-order valence-electron chi connectivity index (χ3n) is 2.06. The summed E-state index contributed by atoms with van der Waals surface area (Å²) in [6.07, 6.45) is 6.49. The zero-order valence-electron chi connectivity index (χ0n) is 6.53. The van der Waals surface area contributed by atoms with Crippen LogP contribution < -0.4 is 5.73 Å². The number of imidazole rings is 1. The Morgan fingerprint density at radius 1 is 1.64 bits per heavy atom. The average molecular weight is 151 g/mol. The Kier molecular flexibility index (Phi) is 1.66. The molecular weight excluding hydrogens is 138 g/mol. The second-order valence-corrected chi connectivity index (χ2v) is 3.04. The fourth-order valence-electron chi connectivity index (χ4n) is 1.35. The topological polar surface area (TPSA) is 43.8 Å². The Labute approximate surface area is 66.2 Å². The van der Waals surface area contributed by atoms with Gasteiger partial charge in [0.05, 0.1) is 0 Å². The summed E-state index contributed by atoms with van der Waals surface area (Å²) >= 11 is 0. The van der Waals surface area contributed by atoms with Crippen molar-refractivity contribution < 1.29 is 0 Å². The van der Waals surface area contributed by atoms with Crippen LogP contribution in [0.1, 0.15) is 24.6 Å². The molecule has 0 saturated heterocycles. The SMILES string of the molecule is NCCn1ccnc1C1CC1. The van der Waals surface area contributed by atoms with Gasteiger partial charge >= 0.3 is 0 Å². The Morgan fingerprint density at radius 2 is 2.45 bits per heavy atom. The van der Waals surface area contributed by atoms with Gasteiger partial charge in [-0.3, -0.25) is 0 Å². The van der Waals surface area contributed by atoms with Crippen LogP contribution in [0.4, 0.5) is 0 Å². The summed E-state index contributed by atoms with van der Waals surface area (Å²) in [5.41, 5.74) is 5.46. The van der Waals surface area contributed by atoms with Crippen LogP contribution in [-0.2, 0) is 6.54 Å². The van der Waals surface area contributed by atoms with Gasteiger partial charge in [0.1, 0.15) is 5.82 Å². The highest BCUT2D eigenvalue weighted by Crippen LogP contribution is 2.38. The van der Waals surface area contributed by atoms with Crippen molar-refractivity contribution in [2.24, 2.45) is 5.73 Å². The highest BCUT2D eigenvalue weighted by Gasteiger charge is 2.27. The first kappa shape index (κ1) is 6.85. The van der Waals surface area contributed by atoms with Gasteiger partial charge in [-0.05, 0) is 12.8 Å². The Bertz CT molecular complexity index is 237. The van der Waals surface area contributed by atoms with Gasteiger partial charge in [0.2, 0.25) is 0 Å². The van der Waals surface area contributed by atoms with E-state index in [1.807, 2.05) is 12.4 Å². The van der Waals surface area contributed by atoms with Crippen molar-refractivity contribution in [3.8, 4) is 0 Å². The van der Waals surface area contributed by atoms with Crippen molar-refractivity contribution in [1.82, 2.24) is 9.55 Å². The predicted octanol–water partition coefficient (Wildman–Crippen LogP) is 0.719. The summed E-state index contributed by atoms with van der Waals surface area (Å²) in [6, 6.07) is 0. The second kappa shape index (κ2) is 2.66. The van der Waals surface area contributed by atoms with Crippen LogP contribution in [0.25, 0.3) is 0 Å². The van der Waals surface area contributed by atoms with Crippen molar-refractivity contribution in [2.45, 2.75) is 25.3 Å². The summed E-state index contributed by atoms with van der Waals surface area (Å²) < 4.78 is 2.16. The van der Waals surface area contributed by atoms with Crippen LogP contribution in [0.5, 0.6) is 0 Å². The molecule has 60 valence electrons. The maximum Gasteiger partial charge on any atom is 0.111 e. The van der Waals surface area contributed by atoms with E-state index >= 15 is 0 Å². The first-order chi connectivity index (χ1) is 5.42. The van der Waals surface area contributed by atoms with Gasteiger partial charge in [-0.15, -0.1) is 0 Å². The molecule has 0 radical (unpaired) electrons. The summed E-state index contributed by atoms with van der Waals surface area (Å²) in [6.45, 7) is 1.61. The molecule has 0 aliphatic heterocycles. The molecule has 2 rings (SSSR count). The molecule has 1 aliphatic carbocycles. The van der Waals surface area contributed by atoms with Gasteiger partial charge in [0, 0.05) is 31.4 Å². The van der Waals surface area contributed by atoms with E-state index in [1.54, 1.807) is 0 Å². The van der Waals surface area contributed by atoms with E-state index in [1.165, 1.54) is 18.7 Å². The summed E-state index contributed by atoms with van der Waals surface area (Å²) in [5, 5.41) is 0. The Balaban J connectivity index is 2.16. The smallest absolute Gasteiger partial charge is 0.111 e. The van der Waals surface area contributed by atoms with E-state index in [0.717, 1.165) is 12.5 Å². The Morgan fingerprint density at radius 3 is 3.09 bits per heavy atom. The minimum absolute atomic E-state index is 0.704. The van der Waals surface area contributed by atoms with Crippen LogP contribution in [0.15, 0.2) is 12.4 Å². The van der Waals surface area contributed by atoms with Crippen molar-refractivity contribution in [3.63, 3.8) is 0 Å². The molecule has 0 amide bonds. The lowest BCUT2D eigenvalue weighted by Gasteiger charge is -2.03. The molecule has 3 nitrogen and oxygen atoms in total. The molecule has 1 heterocycles. The molecule has 1 aliphatic rings. The Hall–Kier alpha value is -0.830.